The molecule has 1 N–H and O–H groups in total. The Hall–Kier alpha value is -2.03. The third-order valence-corrected chi connectivity index (χ3v) is 5.74. The molecule has 0 spiro atoms. The van der Waals surface area contributed by atoms with E-state index in [1.807, 2.05) is 41.8 Å². The minimum absolute atomic E-state index is 0.656. The summed E-state index contributed by atoms with van der Waals surface area (Å²) in [5.74, 6) is 0. The Morgan fingerprint density at radius 2 is 2.04 bits per heavy atom. The molecule has 3 heterocycles. The van der Waals surface area contributed by atoms with Crippen LogP contribution in [-0.2, 0) is 0 Å². The van der Waals surface area contributed by atoms with E-state index in [0.717, 1.165) is 30.6 Å². The Balaban J connectivity index is 1.90. The Kier molecular flexibility index (Phi) is 3.72. The second-order valence-corrected chi connectivity index (χ2v) is 7.50. The first-order valence-corrected chi connectivity index (χ1v) is 9.12. The normalized spacial score (nSPS) is 11.7. The van der Waals surface area contributed by atoms with Crippen molar-refractivity contribution in [1.82, 2.24) is 14.6 Å². The van der Waals surface area contributed by atoms with Gasteiger partial charge in [-0.1, -0.05) is 50.6 Å². The number of rotatable bonds is 3. The smallest absolute Gasteiger partial charge is 0.213 e. The van der Waals surface area contributed by atoms with Gasteiger partial charge >= 0.3 is 0 Å². The summed E-state index contributed by atoms with van der Waals surface area (Å²) in [6, 6.07) is 11.9. The first kappa shape index (κ1) is 14.6. The molecule has 114 valence electrons. The number of fused-ring (bicyclic) bond motifs is 1. The lowest BCUT2D eigenvalue weighted by atomic mass is 10.1. The number of thiophene rings is 1. The van der Waals surface area contributed by atoms with Crippen molar-refractivity contribution in [1.29, 1.82) is 0 Å². The van der Waals surface area contributed by atoms with Crippen LogP contribution in [0, 0.1) is 0 Å². The quantitative estimate of drug-likeness (QED) is 0.304. The van der Waals surface area contributed by atoms with Gasteiger partial charge in [-0.25, -0.2) is 9.50 Å². The minimum atomic E-state index is 0.656. The molecule has 0 aliphatic carbocycles. The maximum absolute atomic E-state index is 9.00. The number of hydrogen-bond acceptors (Lipinski definition) is 6. The predicted octanol–water partition coefficient (Wildman–Crippen LogP) is 4.76. The Bertz CT molecular complexity index is 987. The number of hydrogen-bond donors (Lipinski definition) is 1. The molecule has 5 nitrogen and oxygen atoms in total. The summed E-state index contributed by atoms with van der Waals surface area (Å²) in [4.78, 5) is 6.53. The van der Waals surface area contributed by atoms with Crippen molar-refractivity contribution in [3.8, 4) is 21.1 Å². The number of benzene rings is 1. The fourth-order valence-electron chi connectivity index (χ4n) is 2.25. The SMILES string of the molecule is O/N=C/c1c(-c2ccc(Br)cc2)nc2sc(-c3cccs3)nn12. The van der Waals surface area contributed by atoms with E-state index >= 15 is 0 Å². The maximum Gasteiger partial charge on any atom is 0.213 e. The molecule has 0 radical (unpaired) electrons. The molecule has 3 aromatic heterocycles. The second-order valence-electron chi connectivity index (χ2n) is 4.68. The van der Waals surface area contributed by atoms with Gasteiger partial charge in [0.25, 0.3) is 0 Å². The molecule has 0 fully saturated rings. The molecule has 0 saturated carbocycles. The van der Waals surface area contributed by atoms with Gasteiger partial charge in [-0.2, -0.15) is 5.10 Å². The Labute approximate surface area is 147 Å². The van der Waals surface area contributed by atoms with Gasteiger partial charge in [0, 0.05) is 10.0 Å². The van der Waals surface area contributed by atoms with Gasteiger partial charge < -0.3 is 5.21 Å². The Morgan fingerprint density at radius 1 is 1.22 bits per heavy atom. The molecule has 23 heavy (non-hydrogen) atoms. The van der Waals surface area contributed by atoms with Crippen molar-refractivity contribution in [2.45, 2.75) is 0 Å². The molecule has 0 aliphatic heterocycles. The highest BCUT2D eigenvalue weighted by molar-refractivity contribution is 9.10. The third-order valence-electron chi connectivity index (χ3n) is 3.27. The first-order valence-electron chi connectivity index (χ1n) is 6.63. The maximum atomic E-state index is 9.00. The molecule has 0 amide bonds. The zero-order valence-electron chi connectivity index (χ0n) is 11.5. The number of aromatic nitrogens is 3. The van der Waals surface area contributed by atoms with Gasteiger partial charge in [0.05, 0.1) is 11.1 Å². The van der Waals surface area contributed by atoms with Crippen molar-refractivity contribution >= 4 is 49.8 Å². The van der Waals surface area contributed by atoms with Crippen molar-refractivity contribution in [3.63, 3.8) is 0 Å². The van der Waals surface area contributed by atoms with Crippen LogP contribution < -0.4 is 0 Å². The lowest BCUT2D eigenvalue weighted by Gasteiger charge is -1.99. The van der Waals surface area contributed by atoms with Crippen LogP contribution in [0.25, 0.3) is 26.1 Å². The molecule has 0 unspecified atom stereocenters. The van der Waals surface area contributed by atoms with E-state index in [1.54, 1.807) is 15.9 Å². The van der Waals surface area contributed by atoms with Gasteiger partial charge in [-0.05, 0) is 23.6 Å². The number of oxime groups is 1. The number of nitrogens with zero attached hydrogens (tertiary/aromatic N) is 4. The summed E-state index contributed by atoms with van der Waals surface area (Å²) in [6.07, 6.45) is 1.37. The second kappa shape index (κ2) is 5.88. The molecule has 0 saturated heterocycles. The Morgan fingerprint density at radius 3 is 2.74 bits per heavy atom. The van der Waals surface area contributed by atoms with Gasteiger partial charge in [0.1, 0.15) is 11.4 Å². The molecule has 4 aromatic rings. The minimum Gasteiger partial charge on any atom is -0.411 e. The summed E-state index contributed by atoms with van der Waals surface area (Å²) in [5, 5.41) is 19.7. The van der Waals surface area contributed by atoms with Crippen molar-refractivity contribution in [2.24, 2.45) is 5.16 Å². The van der Waals surface area contributed by atoms with Gasteiger partial charge in [-0.3, -0.25) is 0 Å². The van der Waals surface area contributed by atoms with Gasteiger partial charge in [-0.15, -0.1) is 11.3 Å². The molecular formula is C15H9BrN4OS2. The topological polar surface area (TPSA) is 62.8 Å². The van der Waals surface area contributed by atoms with Gasteiger partial charge in [0.15, 0.2) is 5.01 Å². The van der Waals surface area contributed by atoms with E-state index in [2.05, 4.69) is 31.2 Å². The van der Waals surface area contributed by atoms with E-state index in [9.17, 15) is 0 Å². The summed E-state index contributed by atoms with van der Waals surface area (Å²) >= 11 is 6.57. The highest BCUT2D eigenvalue weighted by atomic mass is 79.9. The fraction of sp³-hybridized carbons (Fsp3) is 0. The highest BCUT2D eigenvalue weighted by Gasteiger charge is 2.18. The highest BCUT2D eigenvalue weighted by Crippen LogP contribution is 2.32. The van der Waals surface area contributed by atoms with Crippen LogP contribution in [0.1, 0.15) is 5.69 Å². The summed E-state index contributed by atoms with van der Waals surface area (Å²) in [6.45, 7) is 0. The van der Waals surface area contributed by atoms with E-state index in [-0.39, 0.29) is 0 Å². The molecule has 0 atom stereocenters. The van der Waals surface area contributed by atoms with Crippen LogP contribution >= 0.6 is 38.6 Å². The third kappa shape index (κ3) is 2.58. The summed E-state index contributed by atoms with van der Waals surface area (Å²) in [5.41, 5.74) is 2.34. The van der Waals surface area contributed by atoms with Crippen LogP contribution in [0.5, 0.6) is 0 Å². The lowest BCUT2D eigenvalue weighted by Crippen LogP contribution is -1.94. The zero-order valence-corrected chi connectivity index (χ0v) is 14.8. The van der Waals surface area contributed by atoms with E-state index in [4.69, 9.17) is 5.21 Å². The predicted molar refractivity (Wildman–Crippen MR) is 96.7 cm³/mol. The van der Waals surface area contributed by atoms with Crippen LogP contribution in [0.2, 0.25) is 0 Å². The molecule has 4 rings (SSSR count). The fourth-order valence-corrected chi connectivity index (χ4v) is 4.22. The standard InChI is InChI=1S/C15H9BrN4OS2/c16-10-5-3-9(4-6-10)13-11(8-17-21)20-15(18-13)23-14(19-20)12-2-1-7-22-12/h1-8,21H/b17-8+. The lowest BCUT2D eigenvalue weighted by molar-refractivity contribution is 0.321. The van der Waals surface area contributed by atoms with Crippen molar-refractivity contribution < 1.29 is 5.21 Å². The summed E-state index contributed by atoms with van der Waals surface area (Å²) < 4.78 is 2.72. The van der Waals surface area contributed by atoms with Crippen molar-refractivity contribution in [3.05, 3.63) is 51.9 Å². The van der Waals surface area contributed by atoms with E-state index in [0.29, 0.717) is 5.69 Å². The van der Waals surface area contributed by atoms with Gasteiger partial charge in [0.2, 0.25) is 4.96 Å². The molecule has 8 heteroatoms. The largest absolute Gasteiger partial charge is 0.411 e. The van der Waals surface area contributed by atoms with Crippen LogP contribution in [-0.4, -0.2) is 26.0 Å². The monoisotopic (exact) mass is 404 g/mol. The average Bonchev–Trinajstić information content (AvgIpc) is 3.25. The molecular weight excluding hydrogens is 396 g/mol. The average molecular weight is 405 g/mol. The van der Waals surface area contributed by atoms with E-state index < -0.39 is 0 Å². The zero-order chi connectivity index (χ0) is 15.8. The van der Waals surface area contributed by atoms with E-state index in [1.165, 1.54) is 17.6 Å². The molecule has 0 bridgehead atoms. The van der Waals surface area contributed by atoms with Crippen LogP contribution in [0.15, 0.2) is 51.4 Å². The van der Waals surface area contributed by atoms with Crippen LogP contribution in [0.3, 0.4) is 0 Å². The molecule has 0 aliphatic rings. The van der Waals surface area contributed by atoms with Crippen LogP contribution in [0.4, 0.5) is 0 Å². The number of halogens is 1. The first-order chi connectivity index (χ1) is 11.3. The summed E-state index contributed by atoms with van der Waals surface area (Å²) in [7, 11) is 0. The molecule has 1 aromatic carbocycles. The number of imidazole rings is 1. The van der Waals surface area contributed by atoms with Crippen molar-refractivity contribution in [2.75, 3.05) is 0 Å².